The molecule has 0 aliphatic heterocycles. The second-order valence-corrected chi connectivity index (χ2v) is 5.15. The molecule has 0 fully saturated rings. The number of hydrogen-bond donors (Lipinski definition) is 1. The van der Waals surface area contributed by atoms with Crippen LogP contribution in [0, 0.1) is 0 Å². The molecule has 0 radical (unpaired) electrons. The van der Waals surface area contributed by atoms with Crippen LogP contribution in [0.2, 0.25) is 5.02 Å². The molecule has 2 aromatic carbocycles. The normalized spacial score (nSPS) is 13.1. The number of nitrogens with zero attached hydrogens (tertiary/aromatic N) is 1. The predicted molar refractivity (Wildman–Crippen MR) is 81.7 cm³/mol. The fourth-order valence-electron chi connectivity index (χ4n) is 2.39. The molecule has 0 unspecified atom stereocenters. The van der Waals surface area contributed by atoms with Gasteiger partial charge >= 0.3 is 0 Å². The fourth-order valence-corrected chi connectivity index (χ4v) is 2.58. The van der Waals surface area contributed by atoms with Crippen LogP contribution >= 0.6 is 11.6 Å². The van der Waals surface area contributed by atoms with Crippen molar-refractivity contribution in [3.05, 3.63) is 47.0 Å². The predicted octanol–water partition coefficient (Wildman–Crippen LogP) is 3.87. The Bertz CT molecular complexity index is 551. The molecule has 0 bridgehead atoms. The van der Waals surface area contributed by atoms with Crippen LogP contribution in [-0.4, -0.2) is 29.6 Å². The van der Waals surface area contributed by atoms with E-state index in [9.17, 15) is 5.11 Å². The second kappa shape index (κ2) is 6.38. The number of aliphatic hydroxyl groups is 1. The van der Waals surface area contributed by atoms with Gasteiger partial charge in [-0.25, -0.2) is 0 Å². The van der Waals surface area contributed by atoms with Crippen LogP contribution in [0.25, 0.3) is 10.8 Å². The standard InChI is InChI=1S/C16H20ClNO/c1-3-18(4-2)11-16(19)15-7-5-6-12-10-13(17)8-9-14(12)15/h5-10,16,19H,3-4,11H2,1-2H3/t16-/m1/s1. The molecule has 3 heteroatoms. The maximum absolute atomic E-state index is 10.4. The Kier molecular flexibility index (Phi) is 4.81. The number of likely N-dealkylation sites (N-methyl/N-ethyl adjacent to an activating group) is 1. The van der Waals surface area contributed by atoms with Gasteiger partial charge in [-0.1, -0.05) is 49.7 Å². The zero-order valence-corrected chi connectivity index (χ0v) is 12.2. The Morgan fingerprint density at radius 1 is 1.16 bits per heavy atom. The molecule has 0 aliphatic rings. The number of fused-ring (bicyclic) bond motifs is 1. The van der Waals surface area contributed by atoms with E-state index in [1.165, 1.54) is 0 Å². The molecule has 2 rings (SSSR count). The third-order valence-electron chi connectivity index (χ3n) is 3.56. The van der Waals surface area contributed by atoms with Gasteiger partial charge in [0.25, 0.3) is 0 Å². The summed E-state index contributed by atoms with van der Waals surface area (Å²) >= 11 is 6.01. The van der Waals surface area contributed by atoms with Crippen LogP contribution in [0.15, 0.2) is 36.4 Å². The first-order valence-electron chi connectivity index (χ1n) is 6.74. The largest absolute Gasteiger partial charge is 0.387 e. The van der Waals surface area contributed by atoms with E-state index in [1.54, 1.807) is 0 Å². The Labute approximate surface area is 119 Å². The first kappa shape index (κ1) is 14.3. The molecule has 0 saturated carbocycles. The molecule has 0 heterocycles. The van der Waals surface area contributed by atoms with Crippen LogP contribution in [-0.2, 0) is 0 Å². The summed E-state index contributed by atoms with van der Waals surface area (Å²) in [5.74, 6) is 0. The third kappa shape index (κ3) is 3.27. The average molecular weight is 278 g/mol. The van der Waals surface area contributed by atoms with Crippen LogP contribution in [0.3, 0.4) is 0 Å². The van der Waals surface area contributed by atoms with Gasteiger partial charge in [-0.2, -0.15) is 0 Å². The van der Waals surface area contributed by atoms with Crippen molar-refractivity contribution in [2.45, 2.75) is 20.0 Å². The van der Waals surface area contributed by atoms with E-state index in [0.717, 1.165) is 34.4 Å². The second-order valence-electron chi connectivity index (χ2n) is 4.71. The molecule has 1 N–H and O–H groups in total. The summed E-state index contributed by atoms with van der Waals surface area (Å²) in [4.78, 5) is 2.22. The highest BCUT2D eigenvalue weighted by atomic mass is 35.5. The summed E-state index contributed by atoms with van der Waals surface area (Å²) in [5, 5.41) is 13.3. The molecule has 0 aromatic heterocycles. The van der Waals surface area contributed by atoms with Gasteiger partial charge in [0.1, 0.15) is 0 Å². The maximum atomic E-state index is 10.4. The lowest BCUT2D eigenvalue weighted by molar-refractivity contribution is 0.120. The molecule has 1 atom stereocenters. The molecule has 0 aliphatic carbocycles. The SMILES string of the molecule is CCN(CC)C[C@@H](O)c1cccc2cc(Cl)ccc12. The average Bonchev–Trinajstić information content (AvgIpc) is 2.43. The minimum absolute atomic E-state index is 0.468. The van der Waals surface area contributed by atoms with E-state index >= 15 is 0 Å². The van der Waals surface area contributed by atoms with Gasteiger partial charge in [0.2, 0.25) is 0 Å². The summed E-state index contributed by atoms with van der Waals surface area (Å²) in [6.45, 7) is 6.78. The van der Waals surface area contributed by atoms with E-state index < -0.39 is 6.10 Å². The number of benzene rings is 2. The smallest absolute Gasteiger partial charge is 0.0922 e. The molecular formula is C16H20ClNO. The minimum Gasteiger partial charge on any atom is -0.387 e. The third-order valence-corrected chi connectivity index (χ3v) is 3.80. The highest BCUT2D eigenvalue weighted by Gasteiger charge is 2.14. The lowest BCUT2D eigenvalue weighted by atomic mass is 10.00. The Hall–Kier alpha value is -1.09. The maximum Gasteiger partial charge on any atom is 0.0922 e. The monoisotopic (exact) mass is 277 g/mol. The van der Waals surface area contributed by atoms with Crippen molar-refractivity contribution in [2.75, 3.05) is 19.6 Å². The highest BCUT2D eigenvalue weighted by Crippen LogP contribution is 2.27. The van der Waals surface area contributed by atoms with E-state index in [-0.39, 0.29) is 0 Å². The quantitative estimate of drug-likeness (QED) is 0.897. The van der Waals surface area contributed by atoms with Crippen molar-refractivity contribution >= 4 is 22.4 Å². The summed E-state index contributed by atoms with van der Waals surface area (Å²) in [6.07, 6.45) is -0.468. The van der Waals surface area contributed by atoms with Crippen molar-refractivity contribution in [1.82, 2.24) is 4.90 Å². The van der Waals surface area contributed by atoms with Crippen LogP contribution in [0.4, 0.5) is 0 Å². The summed E-state index contributed by atoms with van der Waals surface area (Å²) in [7, 11) is 0. The number of aliphatic hydroxyl groups excluding tert-OH is 1. The lowest BCUT2D eigenvalue weighted by Crippen LogP contribution is -2.28. The summed E-state index contributed by atoms with van der Waals surface area (Å²) < 4.78 is 0. The fraction of sp³-hybridized carbons (Fsp3) is 0.375. The van der Waals surface area contributed by atoms with Gasteiger partial charge in [-0.3, -0.25) is 0 Å². The van der Waals surface area contributed by atoms with Crippen molar-refractivity contribution in [3.8, 4) is 0 Å². The first-order chi connectivity index (χ1) is 9.15. The van der Waals surface area contributed by atoms with Crippen LogP contribution < -0.4 is 0 Å². The lowest BCUT2D eigenvalue weighted by Gasteiger charge is -2.23. The van der Waals surface area contributed by atoms with Gasteiger partial charge in [-0.05, 0) is 41.6 Å². The number of hydrogen-bond acceptors (Lipinski definition) is 2. The van der Waals surface area contributed by atoms with Crippen LogP contribution in [0.5, 0.6) is 0 Å². The van der Waals surface area contributed by atoms with Crippen molar-refractivity contribution in [1.29, 1.82) is 0 Å². The van der Waals surface area contributed by atoms with Crippen molar-refractivity contribution in [3.63, 3.8) is 0 Å². The highest BCUT2D eigenvalue weighted by molar-refractivity contribution is 6.31. The zero-order chi connectivity index (χ0) is 13.8. The van der Waals surface area contributed by atoms with E-state index in [2.05, 4.69) is 18.7 Å². The van der Waals surface area contributed by atoms with Gasteiger partial charge in [0.15, 0.2) is 0 Å². The Morgan fingerprint density at radius 2 is 1.89 bits per heavy atom. The Balaban J connectivity index is 2.34. The molecule has 2 aromatic rings. The molecule has 19 heavy (non-hydrogen) atoms. The molecule has 2 nitrogen and oxygen atoms in total. The van der Waals surface area contributed by atoms with E-state index in [4.69, 9.17) is 11.6 Å². The zero-order valence-electron chi connectivity index (χ0n) is 11.4. The molecular weight excluding hydrogens is 258 g/mol. The molecule has 0 spiro atoms. The topological polar surface area (TPSA) is 23.5 Å². The molecule has 102 valence electrons. The van der Waals surface area contributed by atoms with Crippen LogP contribution in [0.1, 0.15) is 25.5 Å². The molecule has 0 amide bonds. The number of halogens is 1. The van der Waals surface area contributed by atoms with Gasteiger partial charge in [-0.15, -0.1) is 0 Å². The first-order valence-corrected chi connectivity index (χ1v) is 7.12. The van der Waals surface area contributed by atoms with Crippen molar-refractivity contribution < 1.29 is 5.11 Å². The summed E-state index contributed by atoms with van der Waals surface area (Å²) in [6, 6.07) is 11.8. The number of rotatable bonds is 5. The Morgan fingerprint density at radius 3 is 2.58 bits per heavy atom. The van der Waals surface area contributed by atoms with Crippen molar-refractivity contribution in [2.24, 2.45) is 0 Å². The molecule has 0 saturated heterocycles. The van der Waals surface area contributed by atoms with Gasteiger partial charge in [0, 0.05) is 11.6 Å². The van der Waals surface area contributed by atoms with E-state index in [1.807, 2.05) is 36.4 Å². The van der Waals surface area contributed by atoms with Gasteiger partial charge < -0.3 is 10.0 Å². The van der Waals surface area contributed by atoms with Gasteiger partial charge in [0.05, 0.1) is 6.10 Å². The minimum atomic E-state index is -0.468. The summed E-state index contributed by atoms with van der Waals surface area (Å²) in [5.41, 5.74) is 0.973. The van der Waals surface area contributed by atoms with E-state index in [0.29, 0.717) is 6.54 Å².